The fraction of sp³-hybridized carbons (Fsp3) is 0.200. The first-order valence-corrected chi connectivity index (χ1v) is 6.00. The van der Waals surface area contributed by atoms with E-state index in [1.807, 2.05) is 24.3 Å². The molecule has 0 amide bonds. The smallest absolute Gasteiger partial charge is 0.0487 e. The van der Waals surface area contributed by atoms with Crippen LogP contribution in [0.4, 0.5) is 5.69 Å². The monoisotopic (exact) mass is 245 g/mol. The molecule has 1 nitrogen and oxygen atoms in total. The predicted octanol–water partition coefficient (Wildman–Crippen LogP) is 4.51. The molecule has 0 aliphatic heterocycles. The highest BCUT2D eigenvalue weighted by atomic mass is 35.5. The fourth-order valence-corrected chi connectivity index (χ4v) is 2.30. The number of nitrogens with two attached hydrogens (primary N) is 1. The molecule has 2 N–H and O–H groups in total. The van der Waals surface area contributed by atoms with E-state index in [0.717, 1.165) is 27.4 Å². The first-order valence-electron chi connectivity index (χ1n) is 5.62. The van der Waals surface area contributed by atoms with Crippen LogP contribution >= 0.6 is 11.6 Å². The highest BCUT2D eigenvalue weighted by molar-refractivity contribution is 6.33. The van der Waals surface area contributed by atoms with Gasteiger partial charge < -0.3 is 5.73 Å². The third-order valence-corrected chi connectivity index (χ3v) is 3.44. The Hall–Kier alpha value is -1.47. The molecule has 0 spiro atoms. The van der Waals surface area contributed by atoms with Gasteiger partial charge in [-0.15, -0.1) is 0 Å². The summed E-state index contributed by atoms with van der Waals surface area (Å²) in [5.41, 5.74) is 12.4. The summed E-state index contributed by atoms with van der Waals surface area (Å²) in [6, 6.07) is 10.1. The molecular weight excluding hydrogens is 230 g/mol. The van der Waals surface area contributed by atoms with Crippen molar-refractivity contribution in [2.24, 2.45) is 0 Å². The topological polar surface area (TPSA) is 26.0 Å². The Balaban J connectivity index is 2.64. The molecule has 88 valence electrons. The molecule has 0 saturated carbocycles. The third-order valence-electron chi connectivity index (χ3n) is 3.12. The van der Waals surface area contributed by atoms with Gasteiger partial charge in [0.1, 0.15) is 0 Å². The third kappa shape index (κ3) is 2.29. The molecule has 2 rings (SSSR count). The van der Waals surface area contributed by atoms with Crippen LogP contribution in [0.3, 0.4) is 0 Å². The van der Waals surface area contributed by atoms with Gasteiger partial charge in [-0.25, -0.2) is 0 Å². The zero-order chi connectivity index (χ0) is 12.6. The van der Waals surface area contributed by atoms with E-state index in [1.165, 1.54) is 11.1 Å². The molecule has 17 heavy (non-hydrogen) atoms. The minimum atomic E-state index is 0.784. The lowest BCUT2D eigenvalue weighted by Gasteiger charge is -2.11. The normalized spacial score (nSPS) is 10.6. The number of anilines is 1. The molecule has 0 fully saturated rings. The second-order valence-electron chi connectivity index (χ2n) is 4.49. The summed E-state index contributed by atoms with van der Waals surface area (Å²) in [6.45, 7) is 6.22. The van der Waals surface area contributed by atoms with Gasteiger partial charge in [0.2, 0.25) is 0 Å². The van der Waals surface area contributed by atoms with E-state index < -0.39 is 0 Å². The number of rotatable bonds is 1. The Kier molecular flexibility index (Phi) is 3.12. The summed E-state index contributed by atoms with van der Waals surface area (Å²) < 4.78 is 0. The molecule has 2 aromatic carbocycles. The number of benzene rings is 2. The summed E-state index contributed by atoms with van der Waals surface area (Å²) in [7, 11) is 0. The van der Waals surface area contributed by atoms with Crippen LogP contribution in [-0.2, 0) is 0 Å². The van der Waals surface area contributed by atoms with Crippen molar-refractivity contribution in [2.45, 2.75) is 20.8 Å². The number of hydrogen-bond acceptors (Lipinski definition) is 1. The quantitative estimate of drug-likeness (QED) is 0.735. The lowest BCUT2D eigenvalue weighted by atomic mass is 9.97. The molecule has 0 unspecified atom stereocenters. The van der Waals surface area contributed by atoms with Gasteiger partial charge in [-0.1, -0.05) is 17.7 Å². The average Bonchev–Trinajstić information content (AvgIpc) is 2.24. The maximum atomic E-state index is 6.32. The molecule has 2 aromatic rings. The molecular formula is C15H16ClN. The maximum absolute atomic E-state index is 6.32. The number of halogens is 1. The largest absolute Gasteiger partial charge is 0.399 e. The van der Waals surface area contributed by atoms with Crippen LogP contribution in [0.25, 0.3) is 11.1 Å². The Morgan fingerprint density at radius 1 is 0.824 bits per heavy atom. The van der Waals surface area contributed by atoms with Crippen LogP contribution in [0.15, 0.2) is 30.3 Å². The molecule has 0 radical (unpaired) electrons. The van der Waals surface area contributed by atoms with Gasteiger partial charge in [-0.2, -0.15) is 0 Å². The highest BCUT2D eigenvalue weighted by Gasteiger charge is 2.08. The van der Waals surface area contributed by atoms with Crippen molar-refractivity contribution in [3.8, 4) is 11.1 Å². The Labute approximate surface area is 107 Å². The Morgan fingerprint density at radius 3 is 2.12 bits per heavy atom. The number of nitrogen functional groups attached to an aromatic ring is 1. The summed E-state index contributed by atoms with van der Waals surface area (Å²) in [4.78, 5) is 0. The predicted molar refractivity (Wildman–Crippen MR) is 75.5 cm³/mol. The van der Waals surface area contributed by atoms with Crippen LogP contribution in [0, 0.1) is 20.8 Å². The van der Waals surface area contributed by atoms with E-state index in [9.17, 15) is 0 Å². The van der Waals surface area contributed by atoms with Gasteiger partial charge in [0.05, 0.1) is 0 Å². The average molecular weight is 246 g/mol. The van der Waals surface area contributed by atoms with Crippen LogP contribution < -0.4 is 5.73 Å². The van der Waals surface area contributed by atoms with Crippen LogP contribution in [-0.4, -0.2) is 0 Å². The summed E-state index contributed by atoms with van der Waals surface area (Å²) in [5, 5.41) is 0.793. The zero-order valence-corrected chi connectivity index (χ0v) is 11.1. The van der Waals surface area contributed by atoms with E-state index in [4.69, 9.17) is 17.3 Å². The van der Waals surface area contributed by atoms with Gasteiger partial charge in [-0.05, 0) is 67.3 Å². The lowest BCUT2D eigenvalue weighted by Crippen LogP contribution is -1.91. The van der Waals surface area contributed by atoms with Crippen molar-refractivity contribution >= 4 is 17.3 Å². The van der Waals surface area contributed by atoms with Gasteiger partial charge in [0, 0.05) is 16.3 Å². The second-order valence-corrected chi connectivity index (χ2v) is 4.90. The summed E-state index contributed by atoms with van der Waals surface area (Å²) in [6.07, 6.45) is 0. The Morgan fingerprint density at radius 2 is 1.47 bits per heavy atom. The standard InChI is InChI=1S/C15H16ClN/c1-9-7-14(15(16)8-10(9)2)13-5-4-12(17)6-11(13)3/h4-8H,17H2,1-3H3. The van der Waals surface area contributed by atoms with E-state index in [2.05, 4.69) is 26.8 Å². The molecule has 2 heteroatoms. The summed E-state index contributed by atoms with van der Waals surface area (Å²) >= 11 is 6.32. The first kappa shape index (κ1) is 12.0. The number of hydrogen-bond donors (Lipinski definition) is 1. The SMILES string of the molecule is Cc1cc(Cl)c(-c2ccc(N)cc2C)cc1C. The van der Waals surface area contributed by atoms with Crippen molar-refractivity contribution in [1.29, 1.82) is 0 Å². The van der Waals surface area contributed by atoms with Crippen LogP contribution in [0.2, 0.25) is 5.02 Å². The molecule has 0 aliphatic rings. The molecule has 0 aliphatic carbocycles. The lowest BCUT2D eigenvalue weighted by molar-refractivity contribution is 1.33. The highest BCUT2D eigenvalue weighted by Crippen LogP contribution is 2.33. The molecule has 0 aromatic heterocycles. The Bertz CT molecular complexity index is 573. The molecule has 0 atom stereocenters. The minimum absolute atomic E-state index is 0.784. The van der Waals surface area contributed by atoms with Crippen molar-refractivity contribution in [3.05, 3.63) is 52.0 Å². The van der Waals surface area contributed by atoms with Crippen molar-refractivity contribution < 1.29 is 0 Å². The van der Waals surface area contributed by atoms with Gasteiger partial charge in [-0.3, -0.25) is 0 Å². The molecule has 0 heterocycles. The van der Waals surface area contributed by atoms with E-state index >= 15 is 0 Å². The summed E-state index contributed by atoms with van der Waals surface area (Å²) in [5.74, 6) is 0. The minimum Gasteiger partial charge on any atom is -0.399 e. The van der Waals surface area contributed by atoms with Gasteiger partial charge in [0.25, 0.3) is 0 Å². The zero-order valence-electron chi connectivity index (χ0n) is 10.3. The van der Waals surface area contributed by atoms with E-state index in [-0.39, 0.29) is 0 Å². The van der Waals surface area contributed by atoms with Crippen LogP contribution in [0.1, 0.15) is 16.7 Å². The maximum Gasteiger partial charge on any atom is 0.0487 e. The van der Waals surface area contributed by atoms with Crippen molar-refractivity contribution in [2.75, 3.05) is 5.73 Å². The second kappa shape index (κ2) is 4.42. The van der Waals surface area contributed by atoms with E-state index in [1.54, 1.807) is 0 Å². The van der Waals surface area contributed by atoms with E-state index in [0.29, 0.717) is 0 Å². The van der Waals surface area contributed by atoms with Crippen molar-refractivity contribution in [1.82, 2.24) is 0 Å². The van der Waals surface area contributed by atoms with Gasteiger partial charge >= 0.3 is 0 Å². The van der Waals surface area contributed by atoms with Crippen LogP contribution in [0.5, 0.6) is 0 Å². The first-order chi connectivity index (χ1) is 7.99. The molecule has 0 saturated heterocycles. The molecule has 0 bridgehead atoms. The van der Waals surface area contributed by atoms with Gasteiger partial charge in [0.15, 0.2) is 0 Å². The fourth-order valence-electron chi connectivity index (χ4n) is 1.98. The number of aryl methyl sites for hydroxylation is 3. The van der Waals surface area contributed by atoms with Crippen molar-refractivity contribution in [3.63, 3.8) is 0 Å².